The smallest absolute Gasteiger partial charge is 0.263 e. The summed E-state index contributed by atoms with van der Waals surface area (Å²) < 4.78 is 5.40. The Hall–Kier alpha value is -2.39. The third-order valence-electron chi connectivity index (χ3n) is 2.70. The molecule has 0 aliphatic heterocycles. The Morgan fingerprint density at radius 3 is 3.00 bits per heavy atom. The van der Waals surface area contributed by atoms with Gasteiger partial charge in [0.15, 0.2) is 0 Å². The zero-order valence-electron chi connectivity index (χ0n) is 13.0. The average molecular weight is 302 g/mol. The van der Waals surface area contributed by atoms with E-state index in [4.69, 9.17) is 10.00 Å². The summed E-state index contributed by atoms with van der Waals surface area (Å²) in [6.45, 7) is 5.59. The van der Waals surface area contributed by atoms with Crippen LogP contribution in [0, 0.1) is 11.3 Å². The summed E-state index contributed by atoms with van der Waals surface area (Å²) in [6, 6.07) is 5.54. The molecule has 1 aromatic rings. The van der Waals surface area contributed by atoms with Gasteiger partial charge in [0.2, 0.25) is 0 Å². The van der Waals surface area contributed by atoms with Crippen LogP contribution in [0.25, 0.3) is 0 Å². The van der Waals surface area contributed by atoms with E-state index in [1.54, 1.807) is 18.5 Å². The number of carbonyl (C=O) groups is 1. The molecule has 118 valence electrons. The first-order valence-electron chi connectivity index (χ1n) is 7.26. The van der Waals surface area contributed by atoms with Crippen LogP contribution in [0.3, 0.4) is 0 Å². The number of amides is 1. The number of ether oxygens (including phenoxy) is 1. The number of nitriles is 1. The van der Waals surface area contributed by atoms with Crippen LogP contribution < -0.4 is 10.6 Å². The third kappa shape index (κ3) is 7.41. The molecule has 0 saturated heterocycles. The molecule has 1 rings (SSSR count). The predicted molar refractivity (Wildman–Crippen MR) is 83.5 cm³/mol. The summed E-state index contributed by atoms with van der Waals surface area (Å²) in [7, 11) is 0. The van der Waals surface area contributed by atoms with E-state index in [2.05, 4.69) is 15.6 Å². The third-order valence-corrected chi connectivity index (χ3v) is 2.70. The van der Waals surface area contributed by atoms with E-state index in [-0.39, 0.29) is 11.7 Å². The minimum absolute atomic E-state index is 0.0497. The SMILES string of the molecule is CC(C)OCCCN/C=C(/C#N)C(=O)NCc1cccnc1. The molecule has 1 heterocycles. The van der Waals surface area contributed by atoms with Crippen LogP contribution in [0.2, 0.25) is 0 Å². The van der Waals surface area contributed by atoms with Gasteiger partial charge in [-0.05, 0) is 31.9 Å². The molecule has 6 nitrogen and oxygen atoms in total. The lowest BCUT2D eigenvalue weighted by molar-refractivity contribution is -0.117. The monoisotopic (exact) mass is 302 g/mol. The summed E-state index contributed by atoms with van der Waals surface area (Å²) in [5, 5.41) is 14.6. The van der Waals surface area contributed by atoms with Gasteiger partial charge >= 0.3 is 0 Å². The lowest BCUT2D eigenvalue weighted by Gasteiger charge is -2.07. The molecule has 1 amide bonds. The topological polar surface area (TPSA) is 87.0 Å². The van der Waals surface area contributed by atoms with Crippen molar-refractivity contribution in [3.63, 3.8) is 0 Å². The summed E-state index contributed by atoms with van der Waals surface area (Å²) in [5.74, 6) is -0.405. The summed E-state index contributed by atoms with van der Waals surface area (Å²) in [5.41, 5.74) is 0.931. The van der Waals surface area contributed by atoms with E-state index in [9.17, 15) is 4.79 Å². The molecule has 0 spiro atoms. The van der Waals surface area contributed by atoms with E-state index >= 15 is 0 Å². The Kier molecular flexibility index (Phi) is 8.31. The fraction of sp³-hybridized carbons (Fsp3) is 0.438. The second-order valence-electron chi connectivity index (χ2n) is 4.94. The molecule has 0 aliphatic rings. The quantitative estimate of drug-likeness (QED) is 0.410. The first-order valence-corrected chi connectivity index (χ1v) is 7.26. The molecule has 0 atom stereocenters. The minimum Gasteiger partial charge on any atom is -0.390 e. The Labute approximate surface area is 131 Å². The van der Waals surface area contributed by atoms with E-state index in [1.807, 2.05) is 26.0 Å². The largest absolute Gasteiger partial charge is 0.390 e. The van der Waals surface area contributed by atoms with Gasteiger partial charge in [-0.3, -0.25) is 9.78 Å². The summed E-state index contributed by atoms with van der Waals surface area (Å²) in [6.07, 6.45) is 5.80. The molecule has 0 aliphatic carbocycles. The number of hydrogen-bond acceptors (Lipinski definition) is 5. The molecule has 6 heteroatoms. The Bertz CT molecular complexity index is 521. The van der Waals surface area contributed by atoms with Crippen LogP contribution >= 0.6 is 0 Å². The molecule has 0 fully saturated rings. The normalized spacial score (nSPS) is 11.1. The number of carbonyl (C=O) groups excluding carboxylic acids is 1. The second-order valence-corrected chi connectivity index (χ2v) is 4.94. The molecule has 0 aromatic carbocycles. The second kappa shape index (κ2) is 10.4. The number of nitrogens with one attached hydrogen (secondary N) is 2. The molecule has 22 heavy (non-hydrogen) atoms. The van der Waals surface area contributed by atoms with Crippen molar-refractivity contribution in [1.29, 1.82) is 5.26 Å². The molecule has 0 radical (unpaired) electrons. The van der Waals surface area contributed by atoms with Gasteiger partial charge in [-0.2, -0.15) is 5.26 Å². The highest BCUT2D eigenvalue weighted by molar-refractivity contribution is 5.97. The zero-order chi connectivity index (χ0) is 16.2. The molecular weight excluding hydrogens is 280 g/mol. The van der Waals surface area contributed by atoms with Gasteiger partial charge in [0.05, 0.1) is 6.10 Å². The Morgan fingerprint density at radius 2 is 2.36 bits per heavy atom. The number of aromatic nitrogens is 1. The van der Waals surface area contributed by atoms with Crippen LogP contribution in [0.4, 0.5) is 0 Å². The van der Waals surface area contributed by atoms with Gasteiger partial charge in [-0.25, -0.2) is 0 Å². The van der Waals surface area contributed by atoms with Crippen molar-refractivity contribution in [3.05, 3.63) is 41.9 Å². The van der Waals surface area contributed by atoms with Crippen molar-refractivity contribution < 1.29 is 9.53 Å². The first-order chi connectivity index (χ1) is 10.6. The van der Waals surface area contributed by atoms with Crippen molar-refractivity contribution in [2.24, 2.45) is 0 Å². The average Bonchev–Trinajstić information content (AvgIpc) is 2.52. The number of rotatable bonds is 9. The van der Waals surface area contributed by atoms with Crippen molar-refractivity contribution in [1.82, 2.24) is 15.6 Å². The van der Waals surface area contributed by atoms with Gasteiger partial charge < -0.3 is 15.4 Å². The van der Waals surface area contributed by atoms with Crippen LogP contribution in [-0.4, -0.2) is 30.1 Å². The number of nitrogens with zero attached hydrogens (tertiary/aromatic N) is 2. The van der Waals surface area contributed by atoms with E-state index < -0.39 is 5.91 Å². The maximum atomic E-state index is 11.9. The van der Waals surface area contributed by atoms with Gasteiger partial charge in [-0.1, -0.05) is 6.07 Å². The molecule has 2 N–H and O–H groups in total. The standard InChI is InChI=1S/C16H22N4O2/c1-13(2)22-8-4-7-19-12-15(9-17)16(21)20-11-14-5-3-6-18-10-14/h3,5-6,10,12-13,19H,4,7-8,11H2,1-2H3,(H,20,21)/b15-12-. The first kappa shape index (κ1) is 17.7. The molecule has 0 saturated carbocycles. The maximum Gasteiger partial charge on any atom is 0.263 e. The lowest BCUT2D eigenvalue weighted by atomic mass is 10.2. The highest BCUT2D eigenvalue weighted by atomic mass is 16.5. The molecule has 1 aromatic heterocycles. The van der Waals surface area contributed by atoms with Crippen LogP contribution in [0.15, 0.2) is 36.3 Å². The fourth-order valence-electron chi connectivity index (χ4n) is 1.60. The van der Waals surface area contributed by atoms with Crippen molar-refractivity contribution >= 4 is 5.91 Å². The minimum atomic E-state index is -0.405. The molecule has 0 bridgehead atoms. The van der Waals surface area contributed by atoms with E-state index in [1.165, 1.54) is 6.20 Å². The predicted octanol–water partition coefficient (Wildman–Crippen LogP) is 1.51. The highest BCUT2D eigenvalue weighted by Gasteiger charge is 2.08. The zero-order valence-corrected chi connectivity index (χ0v) is 13.0. The lowest BCUT2D eigenvalue weighted by Crippen LogP contribution is -2.25. The summed E-state index contributed by atoms with van der Waals surface area (Å²) >= 11 is 0. The Morgan fingerprint density at radius 1 is 1.55 bits per heavy atom. The number of hydrogen-bond donors (Lipinski definition) is 2. The van der Waals surface area contributed by atoms with Gasteiger partial charge in [0.25, 0.3) is 5.91 Å². The van der Waals surface area contributed by atoms with Crippen LogP contribution in [0.5, 0.6) is 0 Å². The highest BCUT2D eigenvalue weighted by Crippen LogP contribution is 1.97. The van der Waals surface area contributed by atoms with Gasteiger partial charge in [-0.15, -0.1) is 0 Å². The van der Waals surface area contributed by atoms with Crippen LogP contribution in [-0.2, 0) is 16.1 Å². The number of pyridine rings is 1. The Balaban J connectivity index is 2.31. The van der Waals surface area contributed by atoms with Crippen molar-refractivity contribution in [2.45, 2.75) is 32.9 Å². The van der Waals surface area contributed by atoms with E-state index in [0.29, 0.717) is 19.7 Å². The van der Waals surface area contributed by atoms with Gasteiger partial charge in [0, 0.05) is 38.3 Å². The van der Waals surface area contributed by atoms with E-state index in [0.717, 1.165) is 12.0 Å². The fourth-order valence-corrected chi connectivity index (χ4v) is 1.60. The van der Waals surface area contributed by atoms with Crippen molar-refractivity contribution in [3.8, 4) is 6.07 Å². The molecule has 0 unspecified atom stereocenters. The van der Waals surface area contributed by atoms with Crippen molar-refractivity contribution in [2.75, 3.05) is 13.2 Å². The summed E-state index contributed by atoms with van der Waals surface area (Å²) in [4.78, 5) is 15.8. The molecular formula is C16H22N4O2. The van der Waals surface area contributed by atoms with Crippen LogP contribution in [0.1, 0.15) is 25.8 Å². The van der Waals surface area contributed by atoms with Gasteiger partial charge in [0.1, 0.15) is 11.6 Å². The maximum absolute atomic E-state index is 11.9.